The maximum Gasteiger partial charge on any atom is 0.233 e. The molecule has 146 valence electrons. The quantitative estimate of drug-likeness (QED) is 0.488. The first kappa shape index (κ1) is 21.0. The van der Waals surface area contributed by atoms with Gasteiger partial charge in [0.1, 0.15) is 11.9 Å². The number of allylic oxidation sites excluding steroid dienone is 1. The molecule has 0 fully saturated rings. The van der Waals surface area contributed by atoms with Crippen LogP contribution < -0.4 is 0 Å². The van der Waals surface area contributed by atoms with Crippen LogP contribution >= 0.6 is 23.2 Å². The number of nitriles is 1. The molecule has 0 radical (unpaired) electrons. The zero-order valence-electron chi connectivity index (χ0n) is 14.8. The third-order valence-corrected chi connectivity index (χ3v) is 6.37. The molecular formula is C21H13Cl2FN2O2S. The third kappa shape index (κ3) is 4.83. The number of hydrogen-bond donors (Lipinski definition) is 0. The number of pyridine rings is 1. The topological polar surface area (TPSA) is 70.8 Å². The van der Waals surface area contributed by atoms with E-state index in [-0.39, 0.29) is 10.6 Å². The van der Waals surface area contributed by atoms with Crippen LogP contribution in [0.4, 0.5) is 4.39 Å². The molecule has 0 saturated heterocycles. The van der Waals surface area contributed by atoms with E-state index in [2.05, 4.69) is 4.98 Å². The van der Waals surface area contributed by atoms with Gasteiger partial charge >= 0.3 is 0 Å². The Bertz CT molecular complexity index is 1240. The van der Waals surface area contributed by atoms with Crippen molar-refractivity contribution < 1.29 is 12.8 Å². The second-order valence-electron chi connectivity index (χ2n) is 6.07. The SMILES string of the molecule is N#C/C(=C\c1cc(Cc2ccc(Cl)c(Cl)c2)ccc1F)S(=O)(=O)c1ccccn1. The standard InChI is InChI=1S/C21H13Cl2FN2O2S/c22-18-6-4-15(11-19(18)23)9-14-5-7-20(24)16(10-14)12-17(13-25)29(27,28)21-3-1-2-8-26-21/h1-8,10-12H,9H2/b17-12+. The number of rotatable bonds is 5. The average Bonchev–Trinajstić information content (AvgIpc) is 2.71. The van der Waals surface area contributed by atoms with Gasteiger partial charge in [-0.25, -0.2) is 17.8 Å². The van der Waals surface area contributed by atoms with Gasteiger partial charge < -0.3 is 0 Å². The van der Waals surface area contributed by atoms with Crippen LogP contribution in [0, 0.1) is 17.1 Å². The van der Waals surface area contributed by atoms with E-state index in [9.17, 15) is 18.1 Å². The summed E-state index contributed by atoms with van der Waals surface area (Å²) < 4.78 is 39.6. The molecule has 0 aliphatic carbocycles. The van der Waals surface area contributed by atoms with Gasteiger partial charge in [-0.15, -0.1) is 0 Å². The van der Waals surface area contributed by atoms with E-state index in [4.69, 9.17) is 23.2 Å². The number of nitrogens with zero attached hydrogens (tertiary/aromatic N) is 2. The number of aromatic nitrogens is 1. The largest absolute Gasteiger partial charge is 0.244 e. The summed E-state index contributed by atoms with van der Waals surface area (Å²) in [6, 6.07) is 15.4. The van der Waals surface area contributed by atoms with E-state index < -0.39 is 20.6 Å². The van der Waals surface area contributed by atoms with Crippen LogP contribution in [0.15, 0.2) is 70.7 Å². The van der Waals surface area contributed by atoms with Crippen LogP contribution in [0.25, 0.3) is 6.08 Å². The van der Waals surface area contributed by atoms with Crippen LogP contribution in [-0.2, 0) is 16.3 Å². The first-order valence-electron chi connectivity index (χ1n) is 8.31. The highest BCUT2D eigenvalue weighted by atomic mass is 35.5. The highest BCUT2D eigenvalue weighted by molar-refractivity contribution is 7.95. The smallest absolute Gasteiger partial charge is 0.233 e. The molecular weight excluding hydrogens is 434 g/mol. The molecule has 3 rings (SSSR count). The summed E-state index contributed by atoms with van der Waals surface area (Å²) in [6.07, 6.45) is 2.74. The Hall–Kier alpha value is -2.72. The number of benzene rings is 2. The highest BCUT2D eigenvalue weighted by Crippen LogP contribution is 2.25. The van der Waals surface area contributed by atoms with E-state index >= 15 is 0 Å². The van der Waals surface area contributed by atoms with Crippen molar-refractivity contribution in [2.75, 3.05) is 0 Å². The van der Waals surface area contributed by atoms with Gasteiger partial charge in [-0.1, -0.05) is 41.4 Å². The normalized spacial score (nSPS) is 11.9. The van der Waals surface area contributed by atoms with Crippen LogP contribution in [0.1, 0.15) is 16.7 Å². The molecule has 8 heteroatoms. The highest BCUT2D eigenvalue weighted by Gasteiger charge is 2.22. The van der Waals surface area contributed by atoms with Crippen LogP contribution in [0.3, 0.4) is 0 Å². The van der Waals surface area contributed by atoms with Crippen LogP contribution in [0.5, 0.6) is 0 Å². The summed E-state index contributed by atoms with van der Waals surface area (Å²) in [5, 5.41) is 9.91. The summed E-state index contributed by atoms with van der Waals surface area (Å²) in [5.41, 5.74) is 1.55. The molecule has 0 unspecified atom stereocenters. The van der Waals surface area contributed by atoms with Crippen molar-refractivity contribution in [3.8, 4) is 6.07 Å². The molecule has 4 nitrogen and oxygen atoms in total. The minimum Gasteiger partial charge on any atom is -0.244 e. The van der Waals surface area contributed by atoms with Gasteiger partial charge in [0.05, 0.1) is 10.0 Å². The zero-order chi connectivity index (χ0) is 21.0. The molecule has 0 bridgehead atoms. The minimum absolute atomic E-state index is 0.0152. The fourth-order valence-electron chi connectivity index (χ4n) is 2.63. The van der Waals surface area contributed by atoms with Crippen molar-refractivity contribution in [1.82, 2.24) is 4.98 Å². The van der Waals surface area contributed by atoms with E-state index in [1.54, 1.807) is 36.4 Å². The molecule has 2 aromatic carbocycles. The Morgan fingerprint density at radius 1 is 1.07 bits per heavy atom. The fourth-order valence-corrected chi connectivity index (χ4v) is 4.03. The van der Waals surface area contributed by atoms with Crippen molar-refractivity contribution in [2.24, 2.45) is 0 Å². The Kier molecular flexibility index (Phi) is 6.33. The fraction of sp³-hybridized carbons (Fsp3) is 0.0476. The monoisotopic (exact) mass is 446 g/mol. The van der Waals surface area contributed by atoms with E-state index in [0.29, 0.717) is 22.0 Å². The lowest BCUT2D eigenvalue weighted by molar-refractivity contribution is 0.599. The third-order valence-electron chi connectivity index (χ3n) is 4.05. The predicted molar refractivity (Wildman–Crippen MR) is 111 cm³/mol. The summed E-state index contributed by atoms with van der Waals surface area (Å²) >= 11 is 11.9. The zero-order valence-corrected chi connectivity index (χ0v) is 17.1. The van der Waals surface area contributed by atoms with Crippen molar-refractivity contribution in [1.29, 1.82) is 5.26 Å². The Morgan fingerprint density at radius 3 is 2.45 bits per heavy atom. The van der Waals surface area contributed by atoms with Crippen molar-refractivity contribution >= 4 is 39.1 Å². The second kappa shape index (κ2) is 8.75. The van der Waals surface area contributed by atoms with Gasteiger partial charge in [0.15, 0.2) is 9.93 Å². The van der Waals surface area contributed by atoms with Gasteiger partial charge in [0, 0.05) is 11.8 Å². The summed E-state index contributed by atoms with van der Waals surface area (Å²) in [4.78, 5) is 3.18. The van der Waals surface area contributed by atoms with Gasteiger partial charge in [-0.3, -0.25) is 0 Å². The summed E-state index contributed by atoms with van der Waals surface area (Å²) in [5.74, 6) is -0.646. The van der Waals surface area contributed by atoms with Crippen LogP contribution in [-0.4, -0.2) is 13.4 Å². The molecule has 1 aromatic heterocycles. The molecule has 0 aliphatic heterocycles. The van der Waals surface area contributed by atoms with Gasteiger partial charge in [-0.05, 0) is 60.0 Å². The molecule has 3 aromatic rings. The lowest BCUT2D eigenvalue weighted by Crippen LogP contribution is -2.05. The number of halogens is 3. The molecule has 0 saturated carbocycles. The molecule has 1 heterocycles. The van der Waals surface area contributed by atoms with Gasteiger partial charge in [-0.2, -0.15) is 5.26 Å². The average molecular weight is 447 g/mol. The van der Waals surface area contributed by atoms with Crippen molar-refractivity contribution in [3.63, 3.8) is 0 Å². The summed E-state index contributed by atoms with van der Waals surface area (Å²) in [6.45, 7) is 0. The minimum atomic E-state index is -4.16. The lowest BCUT2D eigenvalue weighted by atomic mass is 10.0. The van der Waals surface area contributed by atoms with E-state index in [1.165, 1.54) is 30.5 Å². The first-order chi connectivity index (χ1) is 13.8. The lowest BCUT2D eigenvalue weighted by Gasteiger charge is -2.07. The van der Waals surface area contributed by atoms with Crippen LogP contribution in [0.2, 0.25) is 10.0 Å². The molecule has 0 aliphatic rings. The molecule has 0 spiro atoms. The molecule has 0 N–H and O–H groups in total. The molecule has 0 amide bonds. The van der Waals surface area contributed by atoms with Crippen molar-refractivity contribution in [2.45, 2.75) is 11.4 Å². The number of hydrogen-bond acceptors (Lipinski definition) is 4. The Labute approximate surface area is 177 Å². The molecule has 0 atom stereocenters. The van der Waals surface area contributed by atoms with E-state index in [0.717, 1.165) is 11.6 Å². The predicted octanol–water partition coefficient (Wildman–Crippen LogP) is 5.46. The second-order valence-corrected chi connectivity index (χ2v) is 8.75. The maximum atomic E-state index is 14.3. The van der Waals surface area contributed by atoms with Crippen molar-refractivity contribution in [3.05, 3.63) is 98.3 Å². The van der Waals surface area contributed by atoms with Gasteiger partial charge in [0.2, 0.25) is 9.84 Å². The Morgan fingerprint density at radius 2 is 1.79 bits per heavy atom. The van der Waals surface area contributed by atoms with Gasteiger partial charge in [0.25, 0.3) is 0 Å². The number of sulfone groups is 1. The maximum absolute atomic E-state index is 14.3. The summed E-state index contributed by atoms with van der Waals surface area (Å²) in [7, 11) is -4.16. The first-order valence-corrected chi connectivity index (χ1v) is 10.6. The van der Waals surface area contributed by atoms with E-state index in [1.807, 2.05) is 0 Å². The molecule has 29 heavy (non-hydrogen) atoms. The Balaban J connectivity index is 1.98.